The topological polar surface area (TPSA) is 90.1 Å². The highest BCUT2D eigenvalue weighted by Gasteiger charge is 2.14. The fraction of sp³-hybridized carbons (Fsp3) is 0.273. The lowest BCUT2D eigenvalue weighted by atomic mass is 10.4. The van der Waals surface area contributed by atoms with E-state index in [4.69, 9.17) is 0 Å². The predicted molar refractivity (Wildman–Crippen MR) is 72.7 cm³/mol. The van der Waals surface area contributed by atoms with Gasteiger partial charge in [0.25, 0.3) is 0 Å². The lowest BCUT2D eigenvalue weighted by Gasteiger charge is -2.02. The summed E-state index contributed by atoms with van der Waals surface area (Å²) >= 11 is 1.42. The molecule has 0 saturated heterocycles. The van der Waals surface area contributed by atoms with Crippen molar-refractivity contribution in [3.05, 3.63) is 49.9 Å². The minimum Gasteiger partial charge on any atom is -0.362 e. The molecular weight excluding hydrogens is 268 g/mol. The third-order valence-corrected chi connectivity index (χ3v) is 3.34. The molecule has 0 aliphatic rings. The number of nitrogens with zero attached hydrogens (tertiary/aromatic N) is 3. The van der Waals surface area contributed by atoms with Crippen molar-refractivity contribution in [1.82, 2.24) is 9.55 Å². The zero-order valence-electron chi connectivity index (χ0n) is 10.2. The van der Waals surface area contributed by atoms with Crippen LogP contribution in [0.2, 0.25) is 0 Å². The van der Waals surface area contributed by atoms with Crippen LogP contribution in [-0.4, -0.2) is 21.0 Å². The van der Waals surface area contributed by atoms with Gasteiger partial charge in [-0.05, 0) is 13.0 Å². The Morgan fingerprint density at radius 1 is 1.58 bits per heavy atom. The third-order valence-electron chi connectivity index (χ3n) is 2.40. The Bertz CT molecular complexity index is 649. The number of nitrogens with one attached hydrogen (secondary N) is 1. The molecule has 0 unspecified atom stereocenters. The van der Waals surface area contributed by atoms with Gasteiger partial charge >= 0.3 is 11.2 Å². The van der Waals surface area contributed by atoms with Crippen LogP contribution in [0.3, 0.4) is 0 Å². The standard InChI is InChI=1S/C11H12N4O3S/c1-2-12-11-13-6-8(19-11)7-14-5-3-4-9(10(14)16)15(17)18/h3-6H,2,7H2,1H3,(H,12,13). The third kappa shape index (κ3) is 2.97. The average molecular weight is 280 g/mol. The van der Waals surface area contributed by atoms with Crippen molar-refractivity contribution in [1.29, 1.82) is 0 Å². The second-order valence-corrected chi connectivity index (χ2v) is 4.86. The number of hydrogen-bond donors (Lipinski definition) is 1. The van der Waals surface area contributed by atoms with Gasteiger partial charge in [0.15, 0.2) is 5.13 Å². The normalized spacial score (nSPS) is 10.4. The van der Waals surface area contributed by atoms with Crippen LogP contribution in [-0.2, 0) is 6.54 Å². The molecule has 0 amide bonds. The summed E-state index contributed by atoms with van der Waals surface area (Å²) < 4.78 is 1.31. The number of rotatable bonds is 5. The summed E-state index contributed by atoms with van der Waals surface area (Å²) in [6.07, 6.45) is 3.19. The summed E-state index contributed by atoms with van der Waals surface area (Å²) in [4.78, 5) is 26.9. The van der Waals surface area contributed by atoms with Crippen molar-refractivity contribution in [2.24, 2.45) is 0 Å². The number of pyridine rings is 1. The molecule has 0 saturated carbocycles. The molecule has 0 aliphatic heterocycles. The van der Waals surface area contributed by atoms with Crippen molar-refractivity contribution < 1.29 is 4.92 Å². The Labute approximate surface area is 112 Å². The molecule has 2 aromatic rings. The molecule has 2 rings (SSSR count). The number of hydrogen-bond acceptors (Lipinski definition) is 6. The molecule has 0 aliphatic carbocycles. The maximum atomic E-state index is 11.8. The van der Waals surface area contributed by atoms with E-state index in [-0.39, 0.29) is 6.54 Å². The van der Waals surface area contributed by atoms with Crippen LogP contribution in [0.1, 0.15) is 11.8 Å². The quantitative estimate of drug-likeness (QED) is 0.665. The summed E-state index contributed by atoms with van der Waals surface area (Å²) in [6.45, 7) is 3.01. The molecule has 0 spiro atoms. The fourth-order valence-corrected chi connectivity index (χ4v) is 2.45. The number of aromatic nitrogens is 2. The van der Waals surface area contributed by atoms with Gasteiger partial charge in [-0.1, -0.05) is 0 Å². The Hall–Kier alpha value is -2.22. The smallest absolute Gasteiger partial charge is 0.334 e. The number of thiazole rings is 1. The molecular formula is C11H12N4O3S. The van der Waals surface area contributed by atoms with E-state index in [1.165, 1.54) is 34.2 Å². The summed E-state index contributed by atoms with van der Waals surface area (Å²) in [5, 5.41) is 14.5. The zero-order chi connectivity index (χ0) is 13.8. The summed E-state index contributed by atoms with van der Waals surface area (Å²) in [6, 6.07) is 2.70. The minimum absolute atomic E-state index is 0.281. The highest BCUT2D eigenvalue weighted by Crippen LogP contribution is 2.18. The SMILES string of the molecule is CCNc1ncc(Cn2cccc([N+](=O)[O-])c2=O)s1. The molecule has 1 N–H and O–H groups in total. The predicted octanol–water partition coefficient (Wildman–Crippen LogP) is 1.69. The van der Waals surface area contributed by atoms with Crippen LogP contribution in [0.25, 0.3) is 0 Å². The van der Waals surface area contributed by atoms with Crippen LogP contribution in [0, 0.1) is 10.1 Å². The summed E-state index contributed by atoms with van der Waals surface area (Å²) in [5.41, 5.74) is -1.02. The molecule has 0 atom stereocenters. The average Bonchev–Trinajstić information content (AvgIpc) is 2.79. The molecule has 2 heterocycles. The Morgan fingerprint density at radius 3 is 3.05 bits per heavy atom. The molecule has 0 aromatic carbocycles. The number of anilines is 1. The van der Waals surface area contributed by atoms with Gasteiger partial charge in [0.05, 0.1) is 11.5 Å². The van der Waals surface area contributed by atoms with Crippen LogP contribution < -0.4 is 10.9 Å². The molecule has 0 fully saturated rings. The van der Waals surface area contributed by atoms with Gasteiger partial charge in [-0.25, -0.2) is 4.98 Å². The van der Waals surface area contributed by atoms with Gasteiger partial charge in [0, 0.05) is 29.9 Å². The summed E-state index contributed by atoms with van der Waals surface area (Å²) in [5.74, 6) is 0. The second kappa shape index (κ2) is 5.61. The zero-order valence-corrected chi connectivity index (χ0v) is 11.0. The van der Waals surface area contributed by atoms with E-state index < -0.39 is 16.2 Å². The number of nitro groups is 1. The first kappa shape index (κ1) is 13.2. The van der Waals surface area contributed by atoms with Gasteiger partial charge in [-0.15, -0.1) is 11.3 Å². The van der Waals surface area contributed by atoms with E-state index in [0.29, 0.717) is 0 Å². The first-order valence-corrected chi connectivity index (χ1v) is 6.46. The van der Waals surface area contributed by atoms with Crippen molar-refractivity contribution >= 4 is 22.2 Å². The van der Waals surface area contributed by atoms with Gasteiger partial charge in [-0.3, -0.25) is 14.9 Å². The van der Waals surface area contributed by atoms with Crippen LogP contribution in [0.5, 0.6) is 0 Å². The Morgan fingerprint density at radius 2 is 2.37 bits per heavy atom. The maximum Gasteiger partial charge on any atom is 0.334 e. The van der Waals surface area contributed by atoms with Gasteiger partial charge in [0.2, 0.25) is 0 Å². The molecule has 2 aromatic heterocycles. The highest BCUT2D eigenvalue weighted by molar-refractivity contribution is 7.15. The van der Waals surface area contributed by atoms with Crippen LogP contribution >= 0.6 is 11.3 Å². The van der Waals surface area contributed by atoms with Crippen LogP contribution in [0.15, 0.2) is 29.3 Å². The molecule has 100 valence electrons. The van der Waals surface area contributed by atoms with Crippen molar-refractivity contribution in [2.75, 3.05) is 11.9 Å². The van der Waals surface area contributed by atoms with Crippen LogP contribution in [0.4, 0.5) is 10.8 Å². The fourth-order valence-electron chi connectivity index (χ4n) is 1.57. The Kier molecular flexibility index (Phi) is 3.91. The first-order valence-electron chi connectivity index (χ1n) is 5.64. The van der Waals surface area contributed by atoms with E-state index in [2.05, 4.69) is 10.3 Å². The van der Waals surface area contributed by atoms with E-state index >= 15 is 0 Å². The largest absolute Gasteiger partial charge is 0.362 e. The molecule has 7 nitrogen and oxygen atoms in total. The monoisotopic (exact) mass is 280 g/mol. The molecule has 19 heavy (non-hydrogen) atoms. The minimum atomic E-state index is -0.671. The molecule has 0 bridgehead atoms. The maximum absolute atomic E-state index is 11.8. The highest BCUT2D eigenvalue weighted by atomic mass is 32.1. The van der Waals surface area contributed by atoms with Crippen molar-refractivity contribution in [3.63, 3.8) is 0 Å². The first-order chi connectivity index (χ1) is 9.11. The van der Waals surface area contributed by atoms with E-state index in [1.54, 1.807) is 6.20 Å². The van der Waals surface area contributed by atoms with Gasteiger partial charge in [-0.2, -0.15) is 0 Å². The lowest BCUT2D eigenvalue weighted by Crippen LogP contribution is -2.21. The lowest BCUT2D eigenvalue weighted by molar-refractivity contribution is -0.386. The van der Waals surface area contributed by atoms with E-state index in [1.807, 2.05) is 6.92 Å². The summed E-state index contributed by atoms with van der Waals surface area (Å²) in [7, 11) is 0. The molecule has 0 radical (unpaired) electrons. The molecule has 8 heteroatoms. The second-order valence-electron chi connectivity index (χ2n) is 3.75. The van der Waals surface area contributed by atoms with Crippen molar-refractivity contribution in [2.45, 2.75) is 13.5 Å². The van der Waals surface area contributed by atoms with Crippen molar-refractivity contribution in [3.8, 4) is 0 Å². The van der Waals surface area contributed by atoms with Gasteiger partial charge < -0.3 is 9.88 Å². The van der Waals surface area contributed by atoms with E-state index in [9.17, 15) is 14.9 Å². The van der Waals surface area contributed by atoms with E-state index in [0.717, 1.165) is 16.6 Å². The Balaban J connectivity index is 2.25. The van der Waals surface area contributed by atoms with Gasteiger partial charge in [0.1, 0.15) is 0 Å².